The molecular formula is C47H35N. The van der Waals surface area contributed by atoms with Gasteiger partial charge in [-0.05, 0) is 122 Å². The van der Waals surface area contributed by atoms with Crippen LogP contribution in [-0.2, 0) is 5.41 Å². The molecule has 0 saturated heterocycles. The minimum absolute atomic E-state index is 0.0790. The van der Waals surface area contributed by atoms with E-state index in [9.17, 15) is 0 Å². The van der Waals surface area contributed by atoms with Gasteiger partial charge in [0, 0.05) is 33.6 Å². The molecule has 0 aromatic heterocycles. The molecule has 0 fully saturated rings. The van der Waals surface area contributed by atoms with Crippen LogP contribution in [0, 0.1) is 11.8 Å². The van der Waals surface area contributed by atoms with E-state index in [1.165, 1.54) is 60.3 Å². The van der Waals surface area contributed by atoms with Gasteiger partial charge in [0.05, 0.1) is 0 Å². The molecule has 0 amide bonds. The fourth-order valence-corrected chi connectivity index (χ4v) is 8.30. The summed E-state index contributed by atoms with van der Waals surface area (Å²) in [5.74, 6) is 7.19. The predicted molar refractivity (Wildman–Crippen MR) is 204 cm³/mol. The Kier molecular flexibility index (Phi) is 6.59. The number of hydrogen-bond acceptors (Lipinski definition) is 1. The summed E-state index contributed by atoms with van der Waals surface area (Å²) >= 11 is 0. The zero-order valence-electron chi connectivity index (χ0n) is 27.3. The van der Waals surface area contributed by atoms with Gasteiger partial charge in [-0.2, -0.15) is 0 Å². The van der Waals surface area contributed by atoms with Gasteiger partial charge in [0.25, 0.3) is 0 Å². The van der Waals surface area contributed by atoms with Gasteiger partial charge in [-0.15, -0.1) is 0 Å². The number of benzene rings is 8. The third-order valence-electron chi connectivity index (χ3n) is 10.7. The van der Waals surface area contributed by atoms with E-state index in [-0.39, 0.29) is 5.41 Å². The Morgan fingerprint density at radius 3 is 1.73 bits per heavy atom. The second kappa shape index (κ2) is 11.2. The highest BCUT2D eigenvalue weighted by molar-refractivity contribution is 6.23. The molecule has 0 spiro atoms. The van der Waals surface area contributed by atoms with Crippen LogP contribution in [0.15, 0.2) is 152 Å². The summed E-state index contributed by atoms with van der Waals surface area (Å²) < 4.78 is 0. The van der Waals surface area contributed by atoms with Crippen LogP contribution in [0.5, 0.6) is 0 Å². The first-order valence-electron chi connectivity index (χ1n) is 17.1. The van der Waals surface area contributed by atoms with Gasteiger partial charge in [-0.25, -0.2) is 0 Å². The summed E-state index contributed by atoms with van der Waals surface area (Å²) in [4.78, 5) is 2.37. The van der Waals surface area contributed by atoms with Crippen molar-refractivity contribution < 1.29 is 0 Å². The Hall–Kier alpha value is -5.84. The Morgan fingerprint density at radius 1 is 0.479 bits per heavy atom. The minimum Gasteiger partial charge on any atom is -0.310 e. The molecule has 9 rings (SSSR count). The van der Waals surface area contributed by atoms with Crippen molar-refractivity contribution >= 4 is 49.4 Å². The van der Waals surface area contributed by atoms with Gasteiger partial charge < -0.3 is 4.90 Å². The van der Waals surface area contributed by atoms with Crippen molar-refractivity contribution in [2.24, 2.45) is 0 Å². The molecule has 0 heterocycles. The maximum atomic E-state index is 3.59. The number of nitrogens with zero attached hydrogens (tertiary/aromatic N) is 1. The number of rotatable bonds is 5. The van der Waals surface area contributed by atoms with Gasteiger partial charge in [-0.3, -0.25) is 0 Å². The third-order valence-corrected chi connectivity index (χ3v) is 10.7. The summed E-state index contributed by atoms with van der Waals surface area (Å²) in [6.07, 6.45) is 2.05. The highest BCUT2D eigenvalue weighted by Crippen LogP contribution is 2.54. The summed E-state index contributed by atoms with van der Waals surface area (Å²) in [5.41, 5.74) is 11.0. The highest BCUT2D eigenvalue weighted by Gasteiger charge is 2.41. The van der Waals surface area contributed by atoms with Crippen LogP contribution < -0.4 is 4.90 Å². The molecule has 8 aromatic carbocycles. The van der Waals surface area contributed by atoms with Gasteiger partial charge >= 0.3 is 0 Å². The highest BCUT2D eigenvalue weighted by atomic mass is 15.1. The second-order valence-corrected chi connectivity index (χ2v) is 13.0. The molecule has 8 aromatic rings. The van der Waals surface area contributed by atoms with Gasteiger partial charge in [-0.1, -0.05) is 123 Å². The van der Waals surface area contributed by atoms with E-state index in [0.717, 1.165) is 35.3 Å². The van der Waals surface area contributed by atoms with Crippen molar-refractivity contribution in [3.63, 3.8) is 0 Å². The minimum atomic E-state index is -0.0790. The first-order chi connectivity index (χ1) is 23.7. The summed E-state index contributed by atoms with van der Waals surface area (Å²) in [6.45, 7) is 4.68. The fourth-order valence-electron chi connectivity index (χ4n) is 8.30. The zero-order chi connectivity index (χ0) is 32.2. The van der Waals surface area contributed by atoms with Crippen molar-refractivity contribution in [3.05, 3.63) is 174 Å². The smallest absolute Gasteiger partial charge is 0.0465 e. The molecule has 0 radical (unpaired) electrons. The SMILES string of the molecule is CCC1(CC)c2cc(C#Cc3ccc4ccc5cccc6ccc3c4c56)ccc2-c2ccc(N(c3ccccc3)c3ccccc3)cc21. The molecule has 1 nitrogen and oxygen atoms in total. The number of anilines is 3. The van der Waals surface area contributed by atoms with Crippen molar-refractivity contribution in [2.45, 2.75) is 32.1 Å². The van der Waals surface area contributed by atoms with E-state index < -0.39 is 0 Å². The molecule has 0 unspecified atom stereocenters. The monoisotopic (exact) mass is 613 g/mol. The Morgan fingerprint density at radius 2 is 1.06 bits per heavy atom. The van der Waals surface area contributed by atoms with Gasteiger partial charge in [0.2, 0.25) is 0 Å². The second-order valence-electron chi connectivity index (χ2n) is 13.0. The van der Waals surface area contributed by atoms with Crippen LogP contribution in [-0.4, -0.2) is 0 Å². The maximum absolute atomic E-state index is 3.59. The van der Waals surface area contributed by atoms with Crippen LogP contribution in [0.1, 0.15) is 48.9 Å². The largest absolute Gasteiger partial charge is 0.310 e. The molecule has 0 atom stereocenters. The first kappa shape index (κ1) is 28.4. The Bertz CT molecular complexity index is 2470. The van der Waals surface area contributed by atoms with Crippen molar-refractivity contribution in [1.29, 1.82) is 0 Å². The normalized spacial score (nSPS) is 13.0. The molecule has 48 heavy (non-hydrogen) atoms. The van der Waals surface area contributed by atoms with Crippen LogP contribution in [0.3, 0.4) is 0 Å². The van der Waals surface area contributed by atoms with Crippen LogP contribution in [0.2, 0.25) is 0 Å². The Labute approximate surface area is 282 Å². The van der Waals surface area contributed by atoms with Crippen LogP contribution in [0.4, 0.5) is 17.1 Å². The fraction of sp³-hybridized carbons (Fsp3) is 0.106. The van der Waals surface area contributed by atoms with Gasteiger partial charge in [0.1, 0.15) is 0 Å². The lowest BCUT2D eigenvalue weighted by atomic mass is 9.73. The van der Waals surface area contributed by atoms with E-state index in [1.807, 2.05) is 0 Å². The average molecular weight is 614 g/mol. The lowest BCUT2D eigenvalue weighted by Crippen LogP contribution is -2.23. The standard InChI is InChI=1S/C47H35N/c1-3-47(4-2)43-30-32(18-20-33-21-22-36-24-23-34-12-11-13-35-25-28-40(33)46(36)45(34)35)19-27-41(43)42-29-26-39(31-44(42)47)48(37-14-7-5-8-15-37)38-16-9-6-10-17-38/h5-17,19,21-31H,3-4H2,1-2H3. The molecule has 0 aliphatic heterocycles. The van der Waals surface area contributed by atoms with Crippen molar-refractivity contribution in [1.82, 2.24) is 0 Å². The molecule has 1 heteroatoms. The van der Waals surface area contributed by atoms with Crippen molar-refractivity contribution in [2.75, 3.05) is 4.90 Å². The van der Waals surface area contributed by atoms with Crippen LogP contribution in [0.25, 0.3) is 43.4 Å². The average Bonchev–Trinajstić information content (AvgIpc) is 3.42. The Balaban J connectivity index is 1.14. The molecular weight excluding hydrogens is 579 g/mol. The summed E-state index contributed by atoms with van der Waals surface area (Å²) in [7, 11) is 0. The number of fused-ring (bicyclic) bond motifs is 3. The maximum Gasteiger partial charge on any atom is 0.0465 e. The van der Waals surface area contributed by atoms with E-state index in [4.69, 9.17) is 0 Å². The first-order valence-corrected chi connectivity index (χ1v) is 17.1. The predicted octanol–water partition coefficient (Wildman–Crippen LogP) is 12.5. The molecule has 1 aliphatic rings. The zero-order valence-corrected chi connectivity index (χ0v) is 27.3. The van der Waals surface area contributed by atoms with Crippen molar-refractivity contribution in [3.8, 4) is 23.0 Å². The topological polar surface area (TPSA) is 3.24 Å². The molecule has 0 saturated carbocycles. The molecule has 0 N–H and O–H groups in total. The van der Waals surface area contributed by atoms with E-state index in [2.05, 4.69) is 182 Å². The lowest BCUT2D eigenvalue weighted by molar-refractivity contribution is 0.490. The van der Waals surface area contributed by atoms with E-state index >= 15 is 0 Å². The number of hydrogen-bond donors (Lipinski definition) is 0. The molecule has 228 valence electrons. The number of para-hydroxylation sites is 2. The molecule has 0 bridgehead atoms. The summed E-state index contributed by atoms with van der Waals surface area (Å²) in [6, 6.07) is 55.2. The molecule has 1 aliphatic carbocycles. The third kappa shape index (κ3) is 4.27. The summed E-state index contributed by atoms with van der Waals surface area (Å²) in [5, 5.41) is 7.70. The lowest BCUT2D eigenvalue weighted by Gasteiger charge is -2.31. The van der Waals surface area contributed by atoms with Gasteiger partial charge in [0.15, 0.2) is 0 Å². The van der Waals surface area contributed by atoms with E-state index in [0.29, 0.717) is 0 Å². The van der Waals surface area contributed by atoms with Crippen LogP contribution >= 0.6 is 0 Å². The van der Waals surface area contributed by atoms with E-state index in [1.54, 1.807) is 0 Å². The quantitative estimate of drug-likeness (QED) is 0.138.